The molecule has 1 aliphatic carbocycles. The molecule has 3 aromatic rings. The van der Waals surface area contributed by atoms with Crippen molar-refractivity contribution >= 4 is 27.5 Å². The van der Waals surface area contributed by atoms with Crippen LogP contribution in [0.4, 0.5) is 4.39 Å². The minimum atomic E-state index is -0.269. The number of halogens is 1. The number of thiazole rings is 1. The van der Waals surface area contributed by atoms with Crippen molar-refractivity contribution in [3.63, 3.8) is 0 Å². The van der Waals surface area contributed by atoms with Crippen molar-refractivity contribution in [3.05, 3.63) is 47.9 Å². The lowest BCUT2D eigenvalue weighted by atomic mass is 9.95. The SMILES string of the molecule is CC(=O)N[C@@H](C)CO[C@H]1CC[C@H](Oc2cc3sc(OCc4ccc(F)cc4)nc3cn2)CC1. The van der Waals surface area contributed by atoms with E-state index in [1.807, 2.05) is 13.0 Å². The van der Waals surface area contributed by atoms with Crippen molar-refractivity contribution in [1.29, 1.82) is 0 Å². The predicted molar refractivity (Wildman–Crippen MR) is 124 cm³/mol. The Balaban J connectivity index is 1.25. The van der Waals surface area contributed by atoms with Crippen LogP contribution in [0.1, 0.15) is 45.1 Å². The molecule has 0 bridgehead atoms. The van der Waals surface area contributed by atoms with Crippen molar-refractivity contribution in [3.8, 4) is 11.1 Å². The highest BCUT2D eigenvalue weighted by Gasteiger charge is 2.24. The van der Waals surface area contributed by atoms with E-state index in [2.05, 4.69) is 15.3 Å². The summed E-state index contributed by atoms with van der Waals surface area (Å²) >= 11 is 1.43. The Bertz CT molecular complexity index is 1070. The van der Waals surface area contributed by atoms with Crippen molar-refractivity contribution in [1.82, 2.24) is 15.3 Å². The van der Waals surface area contributed by atoms with E-state index in [0.717, 1.165) is 41.5 Å². The molecule has 2 heterocycles. The molecule has 1 fully saturated rings. The summed E-state index contributed by atoms with van der Waals surface area (Å²) in [4.78, 5) is 20.0. The maximum atomic E-state index is 13.0. The first-order chi connectivity index (χ1) is 15.9. The van der Waals surface area contributed by atoms with E-state index in [1.165, 1.54) is 30.4 Å². The number of benzene rings is 1. The van der Waals surface area contributed by atoms with Crippen LogP contribution >= 0.6 is 11.3 Å². The van der Waals surface area contributed by atoms with Gasteiger partial charge in [0.15, 0.2) is 0 Å². The van der Waals surface area contributed by atoms with E-state index >= 15 is 0 Å². The van der Waals surface area contributed by atoms with Crippen LogP contribution < -0.4 is 14.8 Å². The second-order valence-corrected chi connectivity index (χ2v) is 9.33. The number of fused-ring (bicyclic) bond motifs is 1. The Morgan fingerprint density at radius 3 is 2.67 bits per heavy atom. The minimum absolute atomic E-state index is 0.0105. The van der Waals surface area contributed by atoms with E-state index in [9.17, 15) is 9.18 Å². The standard InChI is InChI=1S/C24H28FN3O4S/c1-15(27-16(2)29)13-30-19-7-9-20(10-8-19)32-23-11-22-21(12-26-23)28-24(33-22)31-14-17-3-5-18(25)6-4-17/h3-6,11-12,15,19-20H,7-10,13-14H2,1-2H3,(H,27,29)/t15-,19-,20-/m0/s1. The predicted octanol–water partition coefficient (Wildman–Crippen LogP) is 4.64. The average molecular weight is 474 g/mol. The molecule has 33 heavy (non-hydrogen) atoms. The summed E-state index contributed by atoms with van der Waals surface area (Å²) in [6.45, 7) is 4.30. The molecule has 0 saturated heterocycles. The molecular formula is C24H28FN3O4S. The van der Waals surface area contributed by atoms with Crippen LogP contribution in [0, 0.1) is 5.82 Å². The number of pyridine rings is 1. The molecular weight excluding hydrogens is 445 g/mol. The Hall–Kier alpha value is -2.78. The fourth-order valence-electron chi connectivity index (χ4n) is 3.80. The molecule has 2 aromatic heterocycles. The molecule has 1 aliphatic rings. The third kappa shape index (κ3) is 6.85. The van der Waals surface area contributed by atoms with E-state index in [-0.39, 0.29) is 30.0 Å². The molecule has 0 aliphatic heterocycles. The summed E-state index contributed by atoms with van der Waals surface area (Å²) in [5.74, 6) is 0.273. The topological polar surface area (TPSA) is 82.6 Å². The van der Waals surface area contributed by atoms with E-state index in [4.69, 9.17) is 14.2 Å². The smallest absolute Gasteiger partial charge is 0.274 e. The van der Waals surface area contributed by atoms with E-state index in [0.29, 0.717) is 24.3 Å². The summed E-state index contributed by atoms with van der Waals surface area (Å²) in [6.07, 6.45) is 5.62. The van der Waals surface area contributed by atoms with Crippen LogP contribution in [-0.2, 0) is 16.1 Å². The van der Waals surface area contributed by atoms with Gasteiger partial charge >= 0.3 is 0 Å². The van der Waals surface area contributed by atoms with Crippen molar-refractivity contribution in [2.24, 2.45) is 0 Å². The van der Waals surface area contributed by atoms with Gasteiger partial charge in [-0.3, -0.25) is 4.79 Å². The first-order valence-electron chi connectivity index (χ1n) is 11.1. The van der Waals surface area contributed by atoms with Crippen LogP contribution in [0.3, 0.4) is 0 Å². The monoisotopic (exact) mass is 473 g/mol. The summed E-state index contributed by atoms with van der Waals surface area (Å²) in [5, 5.41) is 3.38. The lowest BCUT2D eigenvalue weighted by molar-refractivity contribution is -0.120. The average Bonchev–Trinajstić information content (AvgIpc) is 3.20. The van der Waals surface area contributed by atoms with E-state index < -0.39 is 0 Å². The summed E-state index contributed by atoms with van der Waals surface area (Å²) in [7, 11) is 0. The number of hydrogen-bond donors (Lipinski definition) is 1. The molecule has 4 rings (SSSR count). The first kappa shape index (κ1) is 23.4. The van der Waals surface area contributed by atoms with Gasteiger partial charge < -0.3 is 19.5 Å². The van der Waals surface area contributed by atoms with Crippen molar-refractivity contribution < 1.29 is 23.4 Å². The number of carbonyl (C=O) groups excluding carboxylic acids is 1. The number of carbonyl (C=O) groups is 1. The Morgan fingerprint density at radius 2 is 1.94 bits per heavy atom. The lowest BCUT2D eigenvalue weighted by Gasteiger charge is -2.29. The summed E-state index contributed by atoms with van der Waals surface area (Å²) in [5.41, 5.74) is 1.63. The maximum Gasteiger partial charge on any atom is 0.274 e. The quantitative estimate of drug-likeness (QED) is 0.488. The van der Waals surface area contributed by atoms with Crippen molar-refractivity contribution in [2.45, 2.75) is 64.4 Å². The largest absolute Gasteiger partial charge is 0.474 e. The van der Waals surface area contributed by atoms with Gasteiger partial charge in [0, 0.05) is 19.0 Å². The zero-order valence-electron chi connectivity index (χ0n) is 18.8. The van der Waals surface area contributed by atoms with Crippen LogP contribution in [0.15, 0.2) is 36.5 Å². The molecule has 1 aromatic carbocycles. The van der Waals surface area contributed by atoms with E-state index in [1.54, 1.807) is 18.3 Å². The molecule has 7 nitrogen and oxygen atoms in total. The molecule has 1 atom stereocenters. The number of rotatable bonds is 9. The highest BCUT2D eigenvalue weighted by molar-refractivity contribution is 7.20. The Kier molecular flexibility index (Phi) is 7.72. The summed E-state index contributed by atoms with van der Waals surface area (Å²) < 4.78 is 31.8. The van der Waals surface area contributed by atoms with Crippen LogP contribution in [0.25, 0.3) is 10.2 Å². The van der Waals surface area contributed by atoms with Crippen molar-refractivity contribution in [2.75, 3.05) is 6.61 Å². The zero-order chi connectivity index (χ0) is 23.2. The van der Waals surface area contributed by atoms with Gasteiger partial charge in [-0.15, -0.1) is 0 Å². The molecule has 0 spiro atoms. The van der Waals surface area contributed by atoms with Gasteiger partial charge in [-0.05, 0) is 50.3 Å². The van der Waals surface area contributed by atoms with Gasteiger partial charge in [-0.25, -0.2) is 14.4 Å². The molecule has 0 unspecified atom stereocenters. The second-order valence-electron chi connectivity index (χ2n) is 8.34. The second kappa shape index (κ2) is 10.9. The van der Waals surface area contributed by atoms with Gasteiger partial charge in [-0.1, -0.05) is 23.5 Å². The molecule has 1 saturated carbocycles. The van der Waals surface area contributed by atoms with Gasteiger partial charge in [0.25, 0.3) is 5.19 Å². The summed E-state index contributed by atoms with van der Waals surface area (Å²) in [6, 6.07) is 8.12. The first-order valence-corrected chi connectivity index (χ1v) is 12.0. The molecule has 1 amide bonds. The number of nitrogens with zero attached hydrogens (tertiary/aromatic N) is 2. The highest BCUT2D eigenvalue weighted by Crippen LogP contribution is 2.31. The maximum absolute atomic E-state index is 13.0. The fraction of sp³-hybridized carbons (Fsp3) is 0.458. The fourth-order valence-corrected chi connectivity index (χ4v) is 4.61. The number of aromatic nitrogens is 2. The number of nitrogens with one attached hydrogen (secondary N) is 1. The van der Waals surface area contributed by atoms with Crippen LogP contribution in [-0.4, -0.2) is 40.7 Å². The van der Waals surface area contributed by atoms with Gasteiger partial charge in [0.05, 0.1) is 23.6 Å². The van der Waals surface area contributed by atoms with Gasteiger partial charge in [0.1, 0.15) is 24.0 Å². The molecule has 9 heteroatoms. The Morgan fingerprint density at radius 1 is 1.21 bits per heavy atom. The number of ether oxygens (including phenoxy) is 3. The lowest BCUT2D eigenvalue weighted by Crippen LogP contribution is -2.36. The third-order valence-electron chi connectivity index (χ3n) is 5.45. The zero-order valence-corrected chi connectivity index (χ0v) is 19.6. The normalized spacial score (nSPS) is 19.2. The molecule has 0 radical (unpaired) electrons. The third-order valence-corrected chi connectivity index (χ3v) is 6.38. The molecule has 1 N–H and O–H groups in total. The van der Waals surface area contributed by atoms with Crippen LogP contribution in [0.2, 0.25) is 0 Å². The number of hydrogen-bond acceptors (Lipinski definition) is 7. The number of amides is 1. The molecule has 176 valence electrons. The Labute approximate surface area is 196 Å². The highest BCUT2D eigenvalue weighted by atomic mass is 32.1. The minimum Gasteiger partial charge on any atom is -0.474 e. The van der Waals surface area contributed by atoms with Gasteiger partial charge in [-0.2, -0.15) is 0 Å². The van der Waals surface area contributed by atoms with Gasteiger partial charge in [0.2, 0.25) is 11.8 Å². The van der Waals surface area contributed by atoms with Crippen LogP contribution in [0.5, 0.6) is 11.1 Å².